The summed E-state index contributed by atoms with van der Waals surface area (Å²) in [6, 6.07) is 12.2. The van der Waals surface area contributed by atoms with Gasteiger partial charge in [0.2, 0.25) is 0 Å². The van der Waals surface area contributed by atoms with Crippen LogP contribution >= 0.6 is 11.8 Å². The van der Waals surface area contributed by atoms with E-state index in [4.69, 9.17) is 0 Å². The molecule has 0 bridgehead atoms. The Morgan fingerprint density at radius 3 is 2.43 bits per heavy atom. The molecule has 0 radical (unpaired) electrons. The zero-order valence-electron chi connectivity index (χ0n) is 11.4. The van der Waals surface area contributed by atoms with E-state index in [1.165, 1.54) is 17.8 Å². The van der Waals surface area contributed by atoms with Gasteiger partial charge in [-0.15, -0.1) is 11.8 Å². The lowest BCUT2D eigenvalue weighted by Crippen LogP contribution is -2.13. The Hall–Kier alpha value is -1.69. The van der Waals surface area contributed by atoms with Crippen molar-refractivity contribution in [2.45, 2.75) is 23.4 Å². The lowest BCUT2D eigenvalue weighted by molar-refractivity contribution is -0.137. The molecule has 2 nitrogen and oxygen atoms in total. The zero-order valence-corrected chi connectivity index (χ0v) is 12.2. The van der Waals surface area contributed by atoms with Crippen LogP contribution in [0.4, 0.5) is 18.9 Å². The van der Waals surface area contributed by atoms with Gasteiger partial charge in [-0.25, -0.2) is 4.98 Å². The second-order valence-corrected chi connectivity index (χ2v) is 6.02. The minimum Gasteiger partial charge on any atom is -0.384 e. The number of aromatic nitrogens is 1. The largest absolute Gasteiger partial charge is 0.417 e. The van der Waals surface area contributed by atoms with Gasteiger partial charge < -0.3 is 5.32 Å². The lowest BCUT2D eigenvalue weighted by atomic mass is 10.3. The Bertz CT molecular complexity index is 555. The number of benzene rings is 1. The maximum Gasteiger partial charge on any atom is 0.417 e. The van der Waals surface area contributed by atoms with E-state index in [0.717, 1.165) is 18.0 Å². The van der Waals surface area contributed by atoms with Crippen LogP contribution in [0.15, 0.2) is 53.7 Å². The van der Waals surface area contributed by atoms with Gasteiger partial charge in [0, 0.05) is 23.7 Å². The van der Waals surface area contributed by atoms with Gasteiger partial charge in [-0.05, 0) is 24.3 Å². The Labute approximate surface area is 125 Å². The summed E-state index contributed by atoms with van der Waals surface area (Å²) in [6.45, 7) is 2.71. The summed E-state index contributed by atoms with van der Waals surface area (Å²) in [7, 11) is 0. The van der Waals surface area contributed by atoms with Crippen LogP contribution in [-0.4, -0.2) is 16.8 Å². The molecular formula is C15H15F3N2S. The highest BCUT2D eigenvalue weighted by molar-refractivity contribution is 7.99. The fraction of sp³-hybridized carbons (Fsp3) is 0.267. The van der Waals surface area contributed by atoms with Crippen LogP contribution in [0.2, 0.25) is 0 Å². The molecule has 1 aromatic carbocycles. The van der Waals surface area contributed by atoms with Crippen molar-refractivity contribution >= 4 is 17.4 Å². The van der Waals surface area contributed by atoms with Crippen LogP contribution in [0.1, 0.15) is 12.5 Å². The molecule has 2 aromatic rings. The van der Waals surface area contributed by atoms with Crippen molar-refractivity contribution in [2.24, 2.45) is 0 Å². The van der Waals surface area contributed by atoms with Crippen LogP contribution in [0.3, 0.4) is 0 Å². The van der Waals surface area contributed by atoms with E-state index in [1.807, 2.05) is 37.3 Å². The molecule has 1 unspecified atom stereocenters. The van der Waals surface area contributed by atoms with E-state index in [0.29, 0.717) is 11.6 Å². The van der Waals surface area contributed by atoms with Gasteiger partial charge in [0.15, 0.2) is 0 Å². The van der Waals surface area contributed by atoms with Gasteiger partial charge in [0.05, 0.1) is 10.6 Å². The summed E-state index contributed by atoms with van der Waals surface area (Å²) >= 11 is 1.44. The van der Waals surface area contributed by atoms with Crippen LogP contribution in [0, 0.1) is 0 Å². The average molecular weight is 312 g/mol. The molecule has 0 saturated carbocycles. The molecular weight excluding hydrogens is 297 g/mol. The molecule has 0 aliphatic heterocycles. The first-order valence-electron chi connectivity index (χ1n) is 6.44. The molecule has 0 aliphatic carbocycles. The van der Waals surface area contributed by atoms with E-state index in [-0.39, 0.29) is 5.25 Å². The number of rotatable bonds is 5. The van der Waals surface area contributed by atoms with Crippen molar-refractivity contribution in [3.05, 3.63) is 54.2 Å². The van der Waals surface area contributed by atoms with Crippen molar-refractivity contribution in [2.75, 3.05) is 11.9 Å². The summed E-state index contributed by atoms with van der Waals surface area (Å²) in [5.41, 5.74) is 0.298. The fourth-order valence-electron chi connectivity index (χ4n) is 1.68. The van der Waals surface area contributed by atoms with E-state index in [1.54, 1.807) is 0 Å². The normalized spacial score (nSPS) is 13.0. The van der Waals surface area contributed by atoms with Crippen molar-refractivity contribution in [1.82, 2.24) is 4.98 Å². The van der Waals surface area contributed by atoms with Crippen LogP contribution < -0.4 is 5.32 Å². The predicted molar refractivity (Wildman–Crippen MR) is 79.5 cm³/mol. The van der Waals surface area contributed by atoms with E-state index < -0.39 is 11.7 Å². The van der Waals surface area contributed by atoms with Gasteiger partial charge in [-0.3, -0.25) is 0 Å². The van der Waals surface area contributed by atoms with Gasteiger partial charge in [-0.1, -0.05) is 25.1 Å². The standard InChI is InChI=1S/C15H15F3N2S/c1-11(9-19-13-5-3-2-4-6-13)21-14-8-7-12(10-20-14)15(16,17)18/h2-8,10-11,19H,9H2,1H3. The molecule has 112 valence electrons. The number of hydrogen-bond acceptors (Lipinski definition) is 3. The third-order valence-corrected chi connectivity index (χ3v) is 3.81. The number of alkyl halides is 3. The first-order chi connectivity index (χ1) is 9.95. The van der Waals surface area contributed by atoms with E-state index in [9.17, 15) is 13.2 Å². The van der Waals surface area contributed by atoms with E-state index >= 15 is 0 Å². The highest BCUT2D eigenvalue weighted by Crippen LogP contribution is 2.30. The number of hydrogen-bond donors (Lipinski definition) is 1. The molecule has 1 N–H and O–H groups in total. The molecule has 6 heteroatoms. The van der Waals surface area contributed by atoms with Gasteiger partial charge >= 0.3 is 6.18 Å². The van der Waals surface area contributed by atoms with Gasteiger partial charge in [0.25, 0.3) is 0 Å². The molecule has 0 aliphatic rings. The second kappa shape index (κ2) is 6.85. The molecule has 0 fully saturated rings. The van der Waals surface area contributed by atoms with Crippen LogP contribution in [0.25, 0.3) is 0 Å². The molecule has 21 heavy (non-hydrogen) atoms. The maximum atomic E-state index is 12.4. The van der Waals surface area contributed by atoms with Gasteiger partial charge in [-0.2, -0.15) is 13.2 Å². The second-order valence-electron chi connectivity index (χ2n) is 4.56. The first kappa shape index (κ1) is 15.7. The highest BCUT2D eigenvalue weighted by atomic mass is 32.2. The number of halogens is 3. The van der Waals surface area contributed by atoms with Crippen molar-refractivity contribution in [3.8, 4) is 0 Å². The van der Waals surface area contributed by atoms with E-state index in [2.05, 4.69) is 10.3 Å². The molecule has 0 spiro atoms. The zero-order chi connectivity index (χ0) is 15.3. The molecule has 0 amide bonds. The minimum absolute atomic E-state index is 0.189. The SMILES string of the molecule is CC(CNc1ccccc1)Sc1ccc(C(F)(F)F)cn1. The quantitative estimate of drug-likeness (QED) is 0.811. The fourth-order valence-corrected chi connectivity index (χ4v) is 2.52. The Morgan fingerprint density at radius 1 is 1.14 bits per heavy atom. The maximum absolute atomic E-state index is 12.4. The summed E-state index contributed by atoms with van der Waals surface area (Å²) < 4.78 is 37.3. The predicted octanol–water partition coefficient (Wildman–Crippen LogP) is 4.69. The summed E-state index contributed by atoms with van der Waals surface area (Å²) in [6.07, 6.45) is -3.46. The van der Waals surface area contributed by atoms with Crippen molar-refractivity contribution in [1.29, 1.82) is 0 Å². The number of anilines is 1. The summed E-state index contributed by atoms with van der Waals surface area (Å²) in [5.74, 6) is 0. The number of pyridine rings is 1. The monoisotopic (exact) mass is 312 g/mol. The number of nitrogens with zero attached hydrogens (tertiary/aromatic N) is 1. The Balaban J connectivity index is 1.86. The lowest BCUT2D eigenvalue weighted by Gasteiger charge is -2.13. The summed E-state index contributed by atoms with van der Waals surface area (Å²) in [4.78, 5) is 3.86. The molecule has 2 rings (SSSR count). The Morgan fingerprint density at radius 2 is 1.86 bits per heavy atom. The molecule has 1 heterocycles. The minimum atomic E-state index is -4.34. The third kappa shape index (κ3) is 4.97. The van der Waals surface area contributed by atoms with Crippen molar-refractivity contribution < 1.29 is 13.2 Å². The summed E-state index contributed by atoms with van der Waals surface area (Å²) in [5, 5.41) is 4.05. The topological polar surface area (TPSA) is 24.9 Å². The number of thioether (sulfide) groups is 1. The smallest absolute Gasteiger partial charge is 0.384 e. The Kier molecular flexibility index (Phi) is 5.12. The highest BCUT2D eigenvalue weighted by Gasteiger charge is 2.30. The molecule has 0 saturated heterocycles. The van der Waals surface area contributed by atoms with Gasteiger partial charge in [0.1, 0.15) is 0 Å². The molecule has 1 aromatic heterocycles. The third-order valence-electron chi connectivity index (χ3n) is 2.75. The number of para-hydroxylation sites is 1. The first-order valence-corrected chi connectivity index (χ1v) is 7.32. The average Bonchev–Trinajstić information content (AvgIpc) is 2.46. The van der Waals surface area contributed by atoms with Crippen molar-refractivity contribution in [3.63, 3.8) is 0 Å². The molecule has 1 atom stereocenters. The van der Waals surface area contributed by atoms with Crippen LogP contribution in [-0.2, 0) is 6.18 Å². The van der Waals surface area contributed by atoms with Crippen LogP contribution in [0.5, 0.6) is 0 Å². The number of nitrogens with one attached hydrogen (secondary N) is 1.